The predicted octanol–water partition coefficient (Wildman–Crippen LogP) is 1.60. The standard InChI is InChI=1S/C12H17NO2/c1-3-13-11(12(14)15)8-10-6-4-9(2)5-7-10/h4-7,11,13H,3,8H2,1-2H3,(H,14,15)/t11-/m0/s1. The van der Waals surface area contributed by atoms with E-state index < -0.39 is 12.0 Å². The molecule has 0 amide bonds. The molecule has 1 aromatic carbocycles. The number of nitrogens with one attached hydrogen (secondary N) is 1. The number of carbonyl (C=O) groups is 1. The summed E-state index contributed by atoms with van der Waals surface area (Å²) in [5.74, 6) is -0.794. The molecule has 3 nitrogen and oxygen atoms in total. The number of benzene rings is 1. The molecule has 1 atom stereocenters. The molecule has 0 bridgehead atoms. The van der Waals surface area contributed by atoms with E-state index in [0.717, 1.165) is 5.56 Å². The van der Waals surface area contributed by atoms with E-state index in [0.29, 0.717) is 13.0 Å². The zero-order valence-electron chi connectivity index (χ0n) is 9.16. The number of likely N-dealkylation sites (N-methyl/N-ethyl adjacent to an activating group) is 1. The molecule has 15 heavy (non-hydrogen) atoms. The number of hydrogen-bond donors (Lipinski definition) is 2. The summed E-state index contributed by atoms with van der Waals surface area (Å²) in [5.41, 5.74) is 2.24. The number of rotatable bonds is 5. The second-order valence-corrected chi connectivity index (χ2v) is 3.64. The Morgan fingerprint density at radius 3 is 2.47 bits per heavy atom. The van der Waals surface area contributed by atoms with E-state index in [1.54, 1.807) is 0 Å². The second kappa shape index (κ2) is 5.51. The fraction of sp³-hybridized carbons (Fsp3) is 0.417. The van der Waals surface area contributed by atoms with E-state index in [1.165, 1.54) is 5.56 Å². The minimum absolute atomic E-state index is 0.488. The van der Waals surface area contributed by atoms with Crippen molar-refractivity contribution < 1.29 is 9.90 Å². The van der Waals surface area contributed by atoms with E-state index in [4.69, 9.17) is 5.11 Å². The number of aliphatic carboxylic acids is 1. The molecule has 2 N–H and O–H groups in total. The van der Waals surface area contributed by atoms with Gasteiger partial charge in [0.1, 0.15) is 6.04 Å². The van der Waals surface area contributed by atoms with Gasteiger partial charge in [-0.15, -0.1) is 0 Å². The fourth-order valence-electron chi connectivity index (χ4n) is 1.45. The second-order valence-electron chi connectivity index (χ2n) is 3.64. The van der Waals surface area contributed by atoms with Crippen molar-refractivity contribution in [2.24, 2.45) is 0 Å². The van der Waals surface area contributed by atoms with Crippen molar-refractivity contribution in [1.82, 2.24) is 5.32 Å². The molecule has 0 aliphatic rings. The maximum Gasteiger partial charge on any atom is 0.321 e. The highest BCUT2D eigenvalue weighted by Crippen LogP contribution is 2.06. The van der Waals surface area contributed by atoms with Gasteiger partial charge in [-0.3, -0.25) is 4.79 Å². The van der Waals surface area contributed by atoms with Gasteiger partial charge in [-0.1, -0.05) is 36.8 Å². The molecule has 0 aromatic heterocycles. The maximum atomic E-state index is 10.9. The van der Waals surface area contributed by atoms with Gasteiger partial charge in [0.05, 0.1) is 0 Å². The first-order valence-corrected chi connectivity index (χ1v) is 5.15. The Balaban J connectivity index is 2.65. The molecular weight excluding hydrogens is 190 g/mol. The first kappa shape index (κ1) is 11.7. The molecular formula is C12H17NO2. The highest BCUT2D eigenvalue weighted by atomic mass is 16.4. The van der Waals surface area contributed by atoms with Crippen molar-refractivity contribution in [3.63, 3.8) is 0 Å². The summed E-state index contributed by atoms with van der Waals surface area (Å²) < 4.78 is 0. The van der Waals surface area contributed by atoms with E-state index in [1.807, 2.05) is 38.1 Å². The van der Waals surface area contributed by atoms with Gasteiger partial charge in [-0.25, -0.2) is 0 Å². The topological polar surface area (TPSA) is 49.3 Å². The zero-order valence-corrected chi connectivity index (χ0v) is 9.16. The van der Waals surface area contributed by atoms with Gasteiger partial charge >= 0.3 is 5.97 Å². The number of carboxylic acid groups (broad SMARTS) is 1. The summed E-state index contributed by atoms with van der Waals surface area (Å²) in [6.07, 6.45) is 0.531. The van der Waals surface area contributed by atoms with E-state index in [-0.39, 0.29) is 0 Å². The minimum atomic E-state index is -0.794. The molecule has 0 radical (unpaired) electrons. The van der Waals surface area contributed by atoms with E-state index in [9.17, 15) is 4.79 Å². The highest BCUT2D eigenvalue weighted by Gasteiger charge is 2.15. The Bertz CT molecular complexity index is 319. The predicted molar refractivity (Wildman–Crippen MR) is 60.0 cm³/mol. The van der Waals surface area contributed by atoms with Gasteiger partial charge in [0.2, 0.25) is 0 Å². The molecule has 0 aliphatic carbocycles. The van der Waals surface area contributed by atoms with Crippen LogP contribution in [0.1, 0.15) is 18.1 Å². The Morgan fingerprint density at radius 1 is 1.40 bits per heavy atom. The summed E-state index contributed by atoms with van der Waals surface area (Å²) in [4.78, 5) is 10.9. The minimum Gasteiger partial charge on any atom is -0.480 e. The summed E-state index contributed by atoms with van der Waals surface area (Å²) in [5, 5.41) is 11.9. The lowest BCUT2D eigenvalue weighted by Crippen LogP contribution is -2.38. The van der Waals surface area contributed by atoms with Crippen LogP contribution in [0.3, 0.4) is 0 Å². The normalized spacial score (nSPS) is 12.4. The zero-order chi connectivity index (χ0) is 11.3. The third-order valence-corrected chi connectivity index (χ3v) is 2.31. The summed E-state index contributed by atoms with van der Waals surface area (Å²) in [6, 6.07) is 7.46. The van der Waals surface area contributed by atoms with Crippen molar-refractivity contribution in [2.75, 3.05) is 6.54 Å². The molecule has 1 aromatic rings. The van der Waals surface area contributed by atoms with Crippen LogP contribution in [0.25, 0.3) is 0 Å². The lowest BCUT2D eigenvalue weighted by Gasteiger charge is -2.12. The SMILES string of the molecule is CCN[C@@H](Cc1ccc(C)cc1)C(=O)O. The van der Waals surface area contributed by atoms with Crippen LogP contribution in [0.15, 0.2) is 24.3 Å². The summed E-state index contributed by atoms with van der Waals surface area (Å²) in [7, 11) is 0. The van der Waals surface area contributed by atoms with Crippen LogP contribution < -0.4 is 5.32 Å². The molecule has 0 aliphatic heterocycles. The van der Waals surface area contributed by atoms with Gasteiger partial charge in [-0.2, -0.15) is 0 Å². The van der Waals surface area contributed by atoms with Crippen molar-refractivity contribution >= 4 is 5.97 Å². The molecule has 0 heterocycles. The molecule has 0 saturated carbocycles. The van der Waals surface area contributed by atoms with Crippen LogP contribution >= 0.6 is 0 Å². The Morgan fingerprint density at radius 2 is 2.00 bits per heavy atom. The Hall–Kier alpha value is -1.35. The quantitative estimate of drug-likeness (QED) is 0.771. The average Bonchev–Trinajstić information content (AvgIpc) is 2.20. The summed E-state index contributed by atoms with van der Waals surface area (Å²) in [6.45, 7) is 4.59. The Kier molecular flexibility index (Phi) is 4.31. The van der Waals surface area contributed by atoms with Crippen LogP contribution in [0.5, 0.6) is 0 Å². The molecule has 82 valence electrons. The van der Waals surface area contributed by atoms with Gasteiger partial charge in [0, 0.05) is 0 Å². The van der Waals surface area contributed by atoms with Crippen LogP contribution in [-0.2, 0) is 11.2 Å². The third kappa shape index (κ3) is 3.72. The van der Waals surface area contributed by atoms with Crippen LogP contribution in [0.2, 0.25) is 0 Å². The molecule has 0 saturated heterocycles. The molecule has 0 unspecified atom stereocenters. The average molecular weight is 207 g/mol. The number of hydrogen-bond acceptors (Lipinski definition) is 2. The van der Waals surface area contributed by atoms with Crippen molar-refractivity contribution in [1.29, 1.82) is 0 Å². The van der Waals surface area contributed by atoms with Crippen LogP contribution in [0.4, 0.5) is 0 Å². The Labute approximate surface area is 90.1 Å². The fourth-order valence-corrected chi connectivity index (χ4v) is 1.45. The first-order chi connectivity index (χ1) is 7.13. The van der Waals surface area contributed by atoms with Gasteiger partial charge in [0.15, 0.2) is 0 Å². The lowest BCUT2D eigenvalue weighted by molar-refractivity contribution is -0.139. The largest absolute Gasteiger partial charge is 0.480 e. The van der Waals surface area contributed by atoms with Crippen LogP contribution in [-0.4, -0.2) is 23.7 Å². The number of carboxylic acids is 1. The smallest absolute Gasteiger partial charge is 0.321 e. The monoisotopic (exact) mass is 207 g/mol. The van der Waals surface area contributed by atoms with Gasteiger partial charge in [-0.05, 0) is 25.5 Å². The number of aryl methyl sites for hydroxylation is 1. The van der Waals surface area contributed by atoms with E-state index >= 15 is 0 Å². The highest BCUT2D eigenvalue weighted by molar-refractivity contribution is 5.73. The van der Waals surface area contributed by atoms with Crippen molar-refractivity contribution in [3.05, 3.63) is 35.4 Å². The first-order valence-electron chi connectivity index (χ1n) is 5.15. The van der Waals surface area contributed by atoms with Gasteiger partial charge in [0.25, 0.3) is 0 Å². The molecule has 0 fully saturated rings. The lowest BCUT2D eigenvalue weighted by atomic mass is 10.0. The van der Waals surface area contributed by atoms with Crippen molar-refractivity contribution in [3.8, 4) is 0 Å². The van der Waals surface area contributed by atoms with Crippen molar-refractivity contribution in [2.45, 2.75) is 26.3 Å². The van der Waals surface area contributed by atoms with Gasteiger partial charge < -0.3 is 10.4 Å². The molecule has 3 heteroatoms. The third-order valence-electron chi connectivity index (χ3n) is 2.31. The molecule has 0 spiro atoms. The maximum absolute atomic E-state index is 10.9. The van der Waals surface area contributed by atoms with Crippen LogP contribution in [0, 0.1) is 6.92 Å². The molecule has 1 rings (SSSR count). The van der Waals surface area contributed by atoms with E-state index in [2.05, 4.69) is 5.32 Å². The summed E-state index contributed by atoms with van der Waals surface area (Å²) >= 11 is 0.